The summed E-state index contributed by atoms with van der Waals surface area (Å²) in [6.45, 7) is 0. The van der Waals surface area contributed by atoms with E-state index in [0.29, 0.717) is 5.52 Å². The van der Waals surface area contributed by atoms with Crippen molar-refractivity contribution >= 4 is 16.6 Å². The third kappa shape index (κ3) is 1.31. The number of hydrogen-bond donors (Lipinski definition) is 0. The average molecular weight is 175 g/mol. The summed E-state index contributed by atoms with van der Waals surface area (Å²) in [5, 5.41) is 18.6. The summed E-state index contributed by atoms with van der Waals surface area (Å²) in [4.78, 5) is 9.98. The molecule has 0 fully saturated rings. The Morgan fingerprint density at radius 3 is 2.92 bits per heavy atom. The molecule has 0 saturated heterocycles. The Labute approximate surface area is 73.2 Å². The standard InChI is InChI=1S/C8H5N3O2/c12-11(13)7-1-2-8-6(5-7)3-4-9-10-8/h1-5H. The van der Waals surface area contributed by atoms with Crippen LogP contribution < -0.4 is 0 Å². The molecule has 5 nitrogen and oxygen atoms in total. The summed E-state index contributed by atoms with van der Waals surface area (Å²) in [7, 11) is 0. The van der Waals surface area contributed by atoms with Crippen LogP contribution in [0.3, 0.4) is 0 Å². The molecule has 2 rings (SSSR count). The van der Waals surface area contributed by atoms with Gasteiger partial charge >= 0.3 is 0 Å². The van der Waals surface area contributed by atoms with Gasteiger partial charge in [-0.25, -0.2) is 0 Å². The topological polar surface area (TPSA) is 68.9 Å². The molecule has 5 heteroatoms. The second-order valence-electron chi connectivity index (χ2n) is 2.53. The molecule has 1 heterocycles. The third-order valence-electron chi connectivity index (χ3n) is 1.71. The zero-order chi connectivity index (χ0) is 9.26. The molecular weight excluding hydrogens is 170 g/mol. The van der Waals surface area contributed by atoms with Crippen molar-refractivity contribution in [3.05, 3.63) is 40.6 Å². The van der Waals surface area contributed by atoms with Crippen LogP contribution in [-0.4, -0.2) is 15.1 Å². The Kier molecular flexibility index (Phi) is 1.63. The smallest absolute Gasteiger partial charge is 0.258 e. The molecule has 0 saturated carbocycles. The van der Waals surface area contributed by atoms with Gasteiger partial charge in [0.2, 0.25) is 0 Å². The van der Waals surface area contributed by atoms with Crippen molar-refractivity contribution in [2.75, 3.05) is 0 Å². The molecule has 0 aliphatic carbocycles. The number of nitrogens with zero attached hydrogens (tertiary/aromatic N) is 3. The zero-order valence-corrected chi connectivity index (χ0v) is 6.54. The highest BCUT2D eigenvalue weighted by Crippen LogP contribution is 2.17. The van der Waals surface area contributed by atoms with Crippen LogP contribution in [0.15, 0.2) is 30.5 Å². The van der Waals surface area contributed by atoms with Gasteiger partial charge in [0, 0.05) is 17.5 Å². The Bertz CT molecular complexity index is 470. The maximum atomic E-state index is 10.4. The minimum atomic E-state index is -0.431. The number of hydrogen-bond acceptors (Lipinski definition) is 4. The van der Waals surface area contributed by atoms with Gasteiger partial charge in [0.05, 0.1) is 16.6 Å². The van der Waals surface area contributed by atoms with Crippen LogP contribution in [0.4, 0.5) is 5.69 Å². The van der Waals surface area contributed by atoms with E-state index in [9.17, 15) is 10.1 Å². The lowest BCUT2D eigenvalue weighted by Crippen LogP contribution is -1.88. The highest BCUT2D eigenvalue weighted by Gasteiger charge is 2.05. The van der Waals surface area contributed by atoms with Crippen LogP contribution >= 0.6 is 0 Å². The fourth-order valence-electron chi connectivity index (χ4n) is 1.09. The molecule has 1 aromatic heterocycles. The molecule has 13 heavy (non-hydrogen) atoms. The normalized spacial score (nSPS) is 10.2. The van der Waals surface area contributed by atoms with Gasteiger partial charge in [-0.2, -0.15) is 10.2 Å². The summed E-state index contributed by atoms with van der Waals surface area (Å²) < 4.78 is 0. The largest absolute Gasteiger partial charge is 0.270 e. The van der Waals surface area contributed by atoms with Gasteiger partial charge in [-0.1, -0.05) is 0 Å². The zero-order valence-electron chi connectivity index (χ0n) is 6.54. The number of fused-ring (bicyclic) bond motifs is 1. The fourth-order valence-corrected chi connectivity index (χ4v) is 1.09. The Morgan fingerprint density at radius 2 is 2.15 bits per heavy atom. The van der Waals surface area contributed by atoms with Gasteiger partial charge in [0.15, 0.2) is 0 Å². The van der Waals surface area contributed by atoms with Crippen molar-refractivity contribution in [3.8, 4) is 0 Å². The third-order valence-corrected chi connectivity index (χ3v) is 1.71. The van der Waals surface area contributed by atoms with Crippen LogP contribution in [0, 0.1) is 10.1 Å². The van der Waals surface area contributed by atoms with Gasteiger partial charge in [0.25, 0.3) is 5.69 Å². The van der Waals surface area contributed by atoms with E-state index in [0.717, 1.165) is 5.39 Å². The maximum Gasteiger partial charge on any atom is 0.270 e. The first-order chi connectivity index (χ1) is 6.27. The predicted octanol–water partition coefficient (Wildman–Crippen LogP) is 1.54. The number of nitro benzene ring substituents is 1. The second kappa shape index (κ2) is 2.78. The number of benzene rings is 1. The van der Waals surface area contributed by atoms with Crippen LogP contribution in [-0.2, 0) is 0 Å². The van der Waals surface area contributed by atoms with Crippen molar-refractivity contribution in [2.24, 2.45) is 0 Å². The molecule has 0 aliphatic heterocycles. The van der Waals surface area contributed by atoms with E-state index in [1.54, 1.807) is 12.1 Å². The van der Waals surface area contributed by atoms with Gasteiger partial charge in [-0.15, -0.1) is 0 Å². The number of nitro groups is 1. The summed E-state index contributed by atoms with van der Waals surface area (Å²) in [6, 6.07) is 6.16. The Morgan fingerprint density at radius 1 is 1.31 bits per heavy atom. The SMILES string of the molecule is O=[N+]([O-])c1ccc2nnccc2c1. The van der Waals surface area contributed by atoms with Crippen molar-refractivity contribution in [1.82, 2.24) is 10.2 Å². The highest BCUT2D eigenvalue weighted by atomic mass is 16.6. The average Bonchev–Trinajstić information content (AvgIpc) is 2.17. The molecule has 0 aliphatic rings. The molecule has 0 bridgehead atoms. The van der Waals surface area contributed by atoms with Crippen molar-refractivity contribution in [2.45, 2.75) is 0 Å². The number of rotatable bonds is 1. The predicted molar refractivity (Wildman–Crippen MR) is 46.2 cm³/mol. The molecule has 1 aromatic carbocycles. The van der Waals surface area contributed by atoms with Crippen molar-refractivity contribution < 1.29 is 4.92 Å². The molecule has 0 unspecified atom stereocenters. The fraction of sp³-hybridized carbons (Fsp3) is 0. The monoisotopic (exact) mass is 175 g/mol. The van der Waals surface area contributed by atoms with E-state index < -0.39 is 4.92 Å². The van der Waals surface area contributed by atoms with E-state index >= 15 is 0 Å². The summed E-state index contributed by atoms with van der Waals surface area (Å²) in [6.07, 6.45) is 1.51. The summed E-state index contributed by atoms with van der Waals surface area (Å²) in [5.74, 6) is 0. The first kappa shape index (κ1) is 7.60. The Hall–Kier alpha value is -2.04. The number of non-ortho nitro benzene ring substituents is 1. The second-order valence-corrected chi connectivity index (χ2v) is 2.53. The van der Waals surface area contributed by atoms with E-state index in [2.05, 4.69) is 10.2 Å². The summed E-state index contributed by atoms with van der Waals surface area (Å²) >= 11 is 0. The number of aromatic nitrogens is 2. The first-order valence-electron chi connectivity index (χ1n) is 3.63. The highest BCUT2D eigenvalue weighted by molar-refractivity contribution is 5.80. The minimum Gasteiger partial charge on any atom is -0.258 e. The van der Waals surface area contributed by atoms with Crippen molar-refractivity contribution in [1.29, 1.82) is 0 Å². The molecule has 64 valence electrons. The van der Waals surface area contributed by atoms with Gasteiger partial charge in [0.1, 0.15) is 0 Å². The van der Waals surface area contributed by atoms with Crippen LogP contribution in [0.5, 0.6) is 0 Å². The lowest BCUT2D eigenvalue weighted by atomic mass is 10.2. The van der Waals surface area contributed by atoms with Gasteiger partial charge in [-0.3, -0.25) is 10.1 Å². The van der Waals surface area contributed by atoms with E-state index in [1.165, 1.54) is 18.3 Å². The first-order valence-corrected chi connectivity index (χ1v) is 3.63. The molecule has 0 radical (unpaired) electrons. The van der Waals surface area contributed by atoms with E-state index in [1.807, 2.05) is 0 Å². The molecule has 2 aromatic rings. The van der Waals surface area contributed by atoms with Crippen molar-refractivity contribution in [3.63, 3.8) is 0 Å². The molecular formula is C8H5N3O2. The van der Waals surface area contributed by atoms with Crippen LogP contribution in [0.25, 0.3) is 10.9 Å². The summed E-state index contributed by atoms with van der Waals surface area (Å²) in [5.41, 5.74) is 0.730. The minimum absolute atomic E-state index is 0.0699. The van der Waals surface area contributed by atoms with E-state index in [-0.39, 0.29) is 5.69 Å². The van der Waals surface area contributed by atoms with Gasteiger partial charge in [-0.05, 0) is 12.1 Å². The van der Waals surface area contributed by atoms with E-state index in [4.69, 9.17) is 0 Å². The molecule has 0 amide bonds. The molecule has 0 spiro atoms. The van der Waals surface area contributed by atoms with Gasteiger partial charge < -0.3 is 0 Å². The Balaban J connectivity index is 2.69. The van der Waals surface area contributed by atoms with Crippen LogP contribution in [0.2, 0.25) is 0 Å². The lowest BCUT2D eigenvalue weighted by molar-refractivity contribution is -0.384. The quantitative estimate of drug-likeness (QED) is 0.487. The lowest BCUT2D eigenvalue weighted by Gasteiger charge is -1.94. The molecule has 0 N–H and O–H groups in total. The van der Waals surface area contributed by atoms with Crippen LogP contribution in [0.1, 0.15) is 0 Å². The molecule has 0 atom stereocenters. The maximum absolute atomic E-state index is 10.4.